The van der Waals surface area contributed by atoms with Crippen molar-refractivity contribution in [1.82, 2.24) is 14.8 Å². The Morgan fingerprint density at radius 3 is 2.59 bits per heavy atom. The molecular weight excluding hydrogens is 282 g/mol. The van der Waals surface area contributed by atoms with Crippen LogP contribution in [0.5, 0.6) is 5.75 Å². The first-order valence-electron chi connectivity index (χ1n) is 6.47. The van der Waals surface area contributed by atoms with E-state index in [4.69, 9.17) is 11.5 Å². The molecule has 0 fully saturated rings. The lowest BCUT2D eigenvalue weighted by atomic mass is 10.1. The second-order valence-corrected chi connectivity index (χ2v) is 4.68. The first-order valence-corrected chi connectivity index (χ1v) is 6.47. The summed E-state index contributed by atoms with van der Waals surface area (Å²) in [6, 6.07) is 13.3. The second-order valence-electron chi connectivity index (χ2n) is 4.68. The van der Waals surface area contributed by atoms with Crippen LogP contribution in [-0.4, -0.2) is 25.8 Å². The van der Waals surface area contributed by atoms with E-state index in [9.17, 15) is 9.90 Å². The average molecular weight is 295 g/mol. The largest absolute Gasteiger partial charge is 0.508 e. The van der Waals surface area contributed by atoms with Crippen LogP contribution in [0.3, 0.4) is 0 Å². The van der Waals surface area contributed by atoms with Crippen LogP contribution in [0.4, 0.5) is 5.95 Å². The van der Waals surface area contributed by atoms with Gasteiger partial charge in [-0.2, -0.15) is 0 Å². The van der Waals surface area contributed by atoms with Gasteiger partial charge in [-0.3, -0.25) is 9.36 Å². The smallest absolute Gasteiger partial charge is 0.248 e. The maximum Gasteiger partial charge on any atom is 0.248 e. The number of phenolic OH excluding ortho intramolecular Hbond substituents is 1. The van der Waals surface area contributed by atoms with Crippen molar-refractivity contribution in [2.24, 2.45) is 5.73 Å². The number of benzene rings is 2. The van der Waals surface area contributed by atoms with Crippen molar-refractivity contribution in [3.8, 4) is 22.8 Å². The van der Waals surface area contributed by atoms with Crippen molar-refractivity contribution in [3.05, 3.63) is 54.1 Å². The Bertz CT molecular complexity index is 857. The van der Waals surface area contributed by atoms with Gasteiger partial charge in [-0.15, -0.1) is 10.2 Å². The summed E-state index contributed by atoms with van der Waals surface area (Å²) >= 11 is 0. The number of nitrogen functional groups attached to an aromatic ring is 1. The van der Waals surface area contributed by atoms with E-state index in [0.29, 0.717) is 22.6 Å². The second kappa shape index (κ2) is 5.21. The van der Waals surface area contributed by atoms with E-state index in [1.165, 1.54) is 0 Å². The minimum Gasteiger partial charge on any atom is -0.508 e. The lowest BCUT2D eigenvalue weighted by molar-refractivity contribution is 0.1000. The van der Waals surface area contributed by atoms with Gasteiger partial charge < -0.3 is 16.6 Å². The van der Waals surface area contributed by atoms with Gasteiger partial charge >= 0.3 is 0 Å². The molecule has 0 spiro atoms. The first-order chi connectivity index (χ1) is 10.6. The van der Waals surface area contributed by atoms with Crippen LogP contribution < -0.4 is 11.5 Å². The zero-order valence-corrected chi connectivity index (χ0v) is 11.5. The van der Waals surface area contributed by atoms with Crippen molar-refractivity contribution >= 4 is 11.9 Å². The Morgan fingerprint density at radius 2 is 1.86 bits per heavy atom. The molecule has 3 aromatic rings. The number of anilines is 1. The van der Waals surface area contributed by atoms with Gasteiger partial charge in [0, 0.05) is 11.1 Å². The highest BCUT2D eigenvalue weighted by Crippen LogP contribution is 2.26. The molecule has 0 radical (unpaired) electrons. The number of carbonyl (C=O) groups is 1. The molecule has 110 valence electrons. The predicted octanol–water partition coefficient (Wildman–Crippen LogP) is 1.32. The van der Waals surface area contributed by atoms with Gasteiger partial charge in [0.15, 0.2) is 5.82 Å². The fraction of sp³-hybridized carbons (Fsp3) is 0. The van der Waals surface area contributed by atoms with Crippen LogP contribution in [0.15, 0.2) is 48.5 Å². The number of amides is 1. The van der Waals surface area contributed by atoms with Crippen molar-refractivity contribution in [3.63, 3.8) is 0 Å². The first kappa shape index (κ1) is 13.6. The molecule has 22 heavy (non-hydrogen) atoms. The van der Waals surface area contributed by atoms with Gasteiger partial charge in [0.2, 0.25) is 11.9 Å². The van der Waals surface area contributed by atoms with E-state index in [2.05, 4.69) is 10.2 Å². The molecule has 0 atom stereocenters. The van der Waals surface area contributed by atoms with E-state index >= 15 is 0 Å². The predicted molar refractivity (Wildman–Crippen MR) is 81.4 cm³/mol. The zero-order valence-electron chi connectivity index (χ0n) is 11.5. The number of aromatic nitrogens is 3. The standard InChI is InChI=1S/C15H13N5O2/c16-13(22)9-3-1-5-11(7-9)20-14(18-19-15(20)17)10-4-2-6-12(21)8-10/h1-8,21H,(H2,16,22)(H2,17,19). The molecule has 3 rings (SSSR count). The van der Waals surface area contributed by atoms with Crippen LogP contribution in [0, 0.1) is 0 Å². The zero-order chi connectivity index (χ0) is 15.7. The Labute approximate surface area is 125 Å². The van der Waals surface area contributed by atoms with E-state index < -0.39 is 5.91 Å². The number of carbonyl (C=O) groups excluding carboxylic acids is 1. The number of hydrogen-bond acceptors (Lipinski definition) is 5. The molecule has 0 bridgehead atoms. The normalized spacial score (nSPS) is 10.5. The molecule has 0 aliphatic carbocycles. The number of primary amides is 1. The highest BCUT2D eigenvalue weighted by Gasteiger charge is 2.14. The summed E-state index contributed by atoms with van der Waals surface area (Å²) in [7, 11) is 0. The Balaban J connectivity index is 2.18. The highest BCUT2D eigenvalue weighted by atomic mass is 16.3. The molecular formula is C15H13N5O2. The molecule has 5 N–H and O–H groups in total. The fourth-order valence-electron chi connectivity index (χ4n) is 2.18. The van der Waals surface area contributed by atoms with Crippen LogP contribution in [0.1, 0.15) is 10.4 Å². The number of aromatic hydroxyl groups is 1. The minimum atomic E-state index is -0.535. The average Bonchev–Trinajstić information content (AvgIpc) is 2.89. The van der Waals surface area contributed by atoms with Crippen molar-refractivity contribution in [2.75, 3.05) is 5.73 Å². The number of rotatable bonds is 3. The summed E-state index contributed by atoms with van der Waals surface area (Å²) in [6.45, 7) is 0. The van der Waals surface area contributed by atoms with Crippen LogP contribution in [0.25, 0.3) is 17.1 Å². The summed E-state index contributed by atoms with van der Waals surface area (Å²) < 4.78 is 1.58. The SMILES string of the molecule is NC(=O)c1cccc(-n2c(N)nnc2-c2cccc(O)c2)c1. The van der Waals surface area contributed by atoms with Gasteiger partial charge in [0.25, 0.3) is 0 Å². The number of nitrogens with zero attached hydrogens (tertiary/aromatic N) is 3. The van der Waals surface area contributed by atoms with Crippen LogP contribution >= 0.6 is 0 Å². The topological polar surface area (TPSA) is 120 Å². The lowest BCUT2D eigenvalue weighted by Crippen LogP contribution is -2.12. The van der Waals surface area contributed by atoms with Gasteiger partial charge in [0.1, 0.15) is 5.75 Å². The molecule has 0 aliphatic heterocycles. The van der Waals surface area contributed by atoms with Gasteiger partial charge in [0.05, 0.1) is 5.69 Å². The summed E-state index contributed by atoms with van der Waals surface area (Å²) in [5.41, 5.74) is 12.8. The van der Waals surface area contributed by atoms with Crippen molar-refractivity contribution in [1.29, 1.82) is 0 Å². The summed E-state index contributed by atoms with van der Waals surface area (Å²) in [4.78, 5) is 11.3. The molecule has 0 saturated heterocycles. The van der Waals surface area contributed by atoms with Crippen molar-refractivity contribution in [2.45, 2.75) is 0 Å². The molecule has 0 aliphatic rings. The molecule has 7 nitrogen and oxygen atoms in total. The van der Waals surface area contributed by atoms with Crippen molar-refractivity contribution < 1.29 is 9.90 Å². The van der Waals surface area contributed by atoms with Gasteiger partial charge in [-0.05, 0) is 30.3 Å². The Morgan fingerprint density at radius 1 is 1.09 bits per heavy atom. The third-order valence-electron chi connectivity index (χ3n) is 3.18. The van der Waals surface area contributed by atoms with Gasteiger partial charge in [-0.1, -0.05) is 18.2 Å². The monoisotopic (exact) mass is 295 g/mol. The van der Waals surface area contributed by atoms with E-state index in [-0.39, 0.29) is 11.7 Å². The summed E-state index contributed by atoms with van der Waals surface area (Å²) in [5.74, 6) is 0.193. The minimum absolute atomic E-state index is 0.108. The number of hydrogen-bond donors (Lipinski definition) is 3. The molecule has 0 saturated carbocycles. The molecule has 1 aromatic heterocycles. The highest BCUT2D eigenvalue weighted by molar-refractivity contribution is 5.93. The molecule has 2 aromatic carbocycles. The third-order valence-corrected chi connectivity index (χ3v) is 3.18. The van der Waals surface area contributed by atoms with E-state index in [1.807, 2.05) is 0 Å². The molecule has 1 amide bonds. The quantitative estimate of drug-likeness (QED) is 0.673. The Kier molecular flexibility index (Phi) is 3.23. The lowest BCUT2D eigenvalue weighted by Gasteiger charge is -2.09. The molecule has 0 unspecified atom stereocenters. The van der Waals surface area contributed by atoms with E-state index in [0.717, 1.165) is 0 Å². The summed E-state index contributed by atoms with van der Waals surface area (Å²) in [5, 5.41) is 17.5. The Hall–Kier alpha value is -3.35. The van der Waals surface area contributed by atoms with Crippen LogP contribution in [0.2, 0.25) is 0 Å². The maximum atomic E-state index is 11.3. The maximum absolute atomic E-state index is 11.3. The van der Waals surface area contributed by atoms with E-state index in [1.54, 1.807) is 53.1 Å². The molecule has 1 heterocycles. The number of phenols is 1. The fourth-order valence-corrected chi connectivity index (χ4v) is 2.18. The molecule has 7 heteroatoms. The van der Waals surface area contributed by atoms with Gasteiger partial charge in [-0.25, -0.2) is 0 Å². The third kappa shape index (κ3) is 2.35. The number of nitrogens with two attached hydrogens (primary N) is 2. The van der Waals surface area contributed by atoms with Crippen LogP contribution in [-0.2, 0) is 0 Å². The summed E-state index contributed by atoms with van der Waals surface area (Å²) in [6.07, 6.45) is 0.